The molecule has 0 amide bonds. The molecule has 0 unspecified atom stereocenters. The van der Waals surface area contributed by atoms with E-state index in [2.05, 4.69) is 4.90 Å². The van der Waals surface area contributed by atoms with E-state index in [1.54, 1.807) is 0 Å². The third-order valence-electron chi connectivity index (χ3n) is 2.45. The van der Waals surface area contributed by atoms with Gasteiger partial charge in [-0.05, 0) is 45.3 Å². The summed E-state index contributed by atoms with van der Waals surface area (Å²) in [5.41, 5.74) is 0. The maximum Gasteiger partial charge on any atom is 0.198 e. The first-order valence-corrected chi connectivity index (χ1v) is 5.01. The highest BCUT2D eigenvalue weighted by Crippen LogP contribution is 2.09. The predicted octanol–water partition coefficient (Wildman–Crippen LogP) is 1.75. The summed E-state index contributed by atoms with van der Waals surface area (Å²) in [5, 5.41) is 0. The maximum atomic E-state index is 9.92. The number of nitrogens with zero attached hydrogens (tertiary/aromatic N) is 1. The van der Waals surface area contributed by atoms with Crippen molar-refractivity contribution in [1.29, 1.82) is 0 Å². The van der Waals surface area contributed by atoms with Gasteiger partial charge in [-0.2, -0.15) is 0 Å². The molecule has 1 aliphatic heterocycles. The summed E-state index contributed by atoms with van der Waals surface area (Å²) < 4.78 is 0. The van der Waals surface area contributed by atoms with E-state index in [1.165, 1.54) is 38.9 Å². The highest BCUT2D eigenvalue weighted by atomic mass is 16.1. The lowest BCUT2D eigenvalue weighted by atomic mass is 10.1. The van der Waals surface area contributed by atoms with Crippen molar-refractivity contribution in [2.45, 2.75) is 38.5 Å². The van der Waals surface area contributed by atoms with Crippen LogP contribution in [0.5, 0.6) is 0 Å². The van der Waals surface area contributed by atoms with Gasteiger partial charge in [0.05, 0.1) is 0 Å². The first-order valence-electron chi connectivity index (χ1n) is 5.01. The summed E-state index contributed by atoms with van der Waals surface area (Å²) in [4.78, 5) is 12.4. The molecule has 0 aromatic carbocycles. The molecule has 2 heteroatoms. The molecule has 0 aromatic heterocycles. The summed E-state index contributed by atoms with van der Waals surface area (Å²) in [6, 6.07) is 0. The van der Waals surface area contributed by atoms with Gasteiger partial charge in [0.1, 0.15) is 0 Å². The Morgan fingerprint density at radius 3 is 2.50 bits per heavy atom. The zero-order chi connectivity index (χ0) is 8.65. The fraction of sp³-hybridized carbons (Fsp3) is 0.900. The summed E-state index contributed by atoms with van der Waals surface area (Å²) in [5.74, 6) is 0. The molecular weight excluding hydrogens is 150 g/mol. The van der Waals surface area contributed by atoms with Crippen molar-refractivity contribution in [3.8, 4) is 0 Å². The van der Waals surface area contributed by atoms with Gasteiger partial charge in [-0.25, -0.2) is 0 Å². The molecule has 0 atom stereocenters. The number of piperidine rings is 1. The van der Waals surface area contributed by atoms with Gasteiger partial charge >= 0.3 is 0 Å². The zero-order valence-electron chi connectivity index (χ0n) is 7.72. The van der Waals surface area contributed by atoms with Crippen molar-refractivity contribution >= 4 is 6.29 Å². The monoisotopic (exact) mass is 168 g/mol. The molecule has 1 saturated heterocycles. The Bertz CT molecular complexity index is 119. The van der Waals surface area contributed by atoms with Crippen LogP contribution in [0.3, 0.4) is 0 Å². The SMILES string of the molecule is O=[C]CCCCN1CCCCC1. The van der Waals surface area contributed by atoms with E-state index >= 15 is 0 Å². The maximum absolute atomic E-state index is 9.92. The number of likely N-dealkylation sites (tertiary alicyclic amines) is 1. The number of carbonyl (C=O) groups excluding carboxylic acids is 1. The van der Waals surface area contributed by atoms with Gasteiger partial charge in [-0.15, -0.1) is 0 Å². The zero-order valence-corrected chi connectivity index (χ0v) is 7.72. The quantitative estimate of drug-likeness (QED) is 0.583. The topological polar surface area (TPSA) is 20.3 Å². The van der Waals surface area contributed by atoms with Crippen molar-refractivity contribution in [3.05, 3.63) is 0 Å². The van der Waals surface area contributed by atoms with E-state index in [-0.39, 0.29) is 0 Å². The smallest absolute Gasteiger partial charge is 0.198 e. The Morgan fingerprint density at radius 2 is 1.83 bits per heavy atom. The minimum absolute atomic E-state index is 0.619. The van der Waals surface area contributed by atoms with Gasteiger partial charge in [0.25, 0.3) is 0 Å². The summed E-state index contributed by atoms with van der Waals surface area (Å²) in [7, 11) is 0. The van der Waals surface area contributed by atoms with Gasteiger partial charge in [0, 0.05) is 6.42 Å². The second kappa shape index (κ2) is 6.18. The fourth-order valence-corrected chi connectivity index (χ4v) is 1.72. The molecule has 1 fully saturated rings. The van der Waals surface area contributed by atoms with Gasteiger partial charge < -0.3 is 4.90 Å². The molecule has 1 radical (unpaired) electrons. The van der Waals surface area contributed by atoms with Gasteiger partial charge in [-0.3, -0.25) is 4.79 Å². The molecule has 0 saturated carbocycles. The number of hydrogen-bond donors (Lipinski definition) is 0. The Balaban J connectivity index is 1.94. The molecule has 2 nitrogen and oxygen atoms in total. The standard InChI is InChI=1S/C10H18NO/c12-10-6-2-5-9-11-7-3-1-4-8-11/h1-9H2. The van der Waals surface area contributed by atoms with Gasteiger partial charge in [0.2, 0.25) is 0 Å². The molecule has 0 bridgehead atoms. The van der Waals surface area contributed by atoms with Crippen molar-refractivity contribution in [2.75, 3.05) is 19.6 Å². The van der Waals surface area contributed by atoms with Crippen LogP contribution in [0.25, 0.3) is 0 Å². The molecule has 1 heterocycles. The minimum Gasteiger partial charge on any atom is -0.303 e. The third-order valence-corrected chi connectivity index (χ3v) is 2.45. The Hall–Kier alpha value is -0.370. The molecule has 0 aromatic rings. The average molecular weight is 168 g/mol. The van der Waals surface area contributed by atoms with E-state index in [0.29, 0.717) is 6.42 Å². The van der Waals surface area contributed by atoms with Crippen LogP contribution in [0.4, 0.5) is 0 Å². The second-order valence-electron chi connectivity index (χ2n) is 3.50. The molecule has 0 spiro atoms. The number of hydrogen-bond acceptors (Lipinski definition) is 2. The second-order valence-corrected chi connectivity index (χ2v) is 3.50. The van der Waals surface area contributed by atoms with Crippen LogP contribution in [-0.2, 0) is 4.79 Å². The fourth-order valence-electron chi connectivity index (χ4n) is 1.72. The molecule has 69 valence electrons. The van der Waals surface area contributed by atoms with Crippen molar-refractivity contribution < 1.29 is 4.79 Å². The molecule has 0 N–H and O–H groups in total. The van der Waals surface area contributed by atoms with Crippen LogP contribution in [0.2, 0.25) is 0 Å². The van der Waals surface area contributed by atoms with E-state index in [4.69, 9.17) is 0 Å². The highest BCUT2D eigenvalue weighted by molar-refractivity contribution is 5.50. The highest BCUT2D eigenvalue weighted by Gasteiger charge is 2.08. The third kappa shape index (κ3) is 3.86. The van der Waals surface area contributed by atoms with Gasteiger partial charge in [-0.1, -0.05) is 6.42 Å². The van der Waals surface area contributed by atoms with Crippen molar-refractivity contribution in [1.82, 2.24) is 4.90 Å². The Kier molecular flexibility index (Phi) is 5.00. The predicted molar refractivity (Wildman–Crippen MR) is 49.8 cm³/mol. The lowest BCUT2D eigenvalue weighted by Gasteiger charge is -2.26. The van der Waals surface area contributed by atoms with Gasteiger partial charge in [0.15, 0.2) is 6.29 Å². The first kappa shape index (κ1) is 9.72. The molecular formula is C10H18NO. The van der Waals surface area contributed by atoms with E-state index < -0.39 is 0 Å². The summed E-state index contributed by atoms with van der Waals surface area (Å²) >= 11 is 0. The first-order chi connectivity index (χ1) is 5.93. The van der Waals surface area contributed by atoms with Crippen molar-refractivity contribution in [3.63, 3.8) is 0 Å². The Morgan fingerprint density at radius 1 is 1.08 bits per heavy atom. The molecule has 1 rings (SSSR count). The molecule has 12 heavy (non-hydrogen) atoms. The summed E-state index contributed by atoms with van der Waals surface area (Å²) in [6.45, 7) is 3.72. The summed E-state index contributed by atoms with van der Waals surface area (Å²) in [6.07, 6.45) is 8.85. The van der Waals surface area contributed by atoms with Crippen molar-refractivity contribution in [2.24, 2.45) is 0 Å². The van der Waals surface area contributed by atoms with Crippen LogP contribution >= 0.6 is 0 Å². The van der Waals surface area contributed by atoms with Crippen LogP contribution in [0, 0.1) is 0 Å². The van der Waals surface area contributed by atoms with Crippen LogP contribution in [-0.4, -0.2) is 30.8 Å². The van der Waals surface area contributed by atoms with E-state index in [1.807, 2.05) is 6.29 Å². The lowest BCUT2D eigenvalue weighted by Crippen LogP contribution is -2.30. The molecule has 1 aliphatic rings. The van der Waals surface area contributed by atoms with E-state index in [9.17, 15) is 4.79 Å². The number of unbranched alkanes of at least 4 members (excludes halogenated alkanes) is 2. The lowest BCUT2D eigenvalue weighted by molar-refractivity contribution is 0.225. The normalized spacial score (nSPS) is 19.3. The van der Waals surface area contributed by atoms with Crippen LogP contribution < -0.4 is 0 Å². The van der Waals surface area contributed by atoms with Crippen LogP contribution in [0.15, 0.2) is 0 Å². The largest absolute Gasteiger partial charge is 0.303 e. The Labute approximate surface area is 74.9 Å². The number of rotatable bonds is 5. The van der Waals surface area contributed by atoms with Crippen LogP contribution in [0.1, 0.15) is 38.5 Å². The minimum atomic E-state index is 0.619. The molecule has 0 aliphatic carbocycles. The van der Waals surface area contributed by atoms with E-state index in [0.717, 1.165) is 12.8 Å². The average Bonchev–Trinajstić information content (AvgIpc) is 2.14.